The molecule has 0 aliphatic carbocycles. The van der Waals surface area contributed by atoms with E-state index in [4.69, 9.17) is 9.47 Å². The van der Waals surface area contributed by atoms with Crippen molar-refractivity contribution in [2.24, 2.45) is 0 Å². The number of benzene rings is 4. The van der Waals surface area contributed by atoms with Crippen LogP contribution in [0.3, 0.4) is 0 Å². The van der Waals surface area contributed by atoms with Crippen LogP contribution in [0.1, 0.15) is 62.8 Å². The first-order valence-electron chi connectivity index (χ1n) is 19.5. The van der Waals surface area contributed by atoms with Gasteiger partial charge in [-0.05, 0) is 86.0 Å². The van der Waals surface area contributed by atoms with Crippen LogP contribution in [0.4, 0.5) is 11.4 Å². The summed E-state index contributed by atoms with van der Waals surface area (Å²) in [5.74, 6) is 1.05. The van der Waals surface area contributed by atoms with Gasteiger partial charge < -0.3 is 19.4 Å². The van der Waals surface area contributed by atoms with Crippen molar-refractivity contribution in [1.82, 2.24) is 14.0 Å². The third kappa shape index (κ3) is 10.6. The lowest BCUT2D eigenvalue weighted by molar-refractivity contribution is -0.113. The number of nitrogens with one attached hydrogen (secondary N) is 1. The van der Waals surface area contributed by atoms with Gasteiger partial charge in [0.1, 0.15) is 30.3 Å². The summed E-state index contributed by atoms with van der Waals surface area (Å²) in [7, 11) is -1.23. The van der Waals surface area contributed by atoms with E-state index in [0.717, 1.165) is 74.6 Å². The van der Waals surface area contributed by atoms with E-state index >= 15 is 0 Å². The van der Waals surface area contributed by atoms with E-state index in [9.17, 15) is 9.00 Å². The molecule has 0 spiro atoms. The summed E-state index contributed by atoms with van der Waals surface area (Å²) in [6, 6.07) is 36.9. The zero-order chi connectivity index (χ0) is 38.3. The summed E-state index contributed by atoms with van der Waals surface area (Å²) < 4.78 is 27.6. The molecule has 6 rings (SSSR count). The number of aryl methyl sites for hydroxylation is 1. The number of allylic oxidation sites excluding steroid dienone is 2. The predicted molar refractivity (Wildman–Crippen MR) is 224 cm³/mol. The number of nitrogens with zero attached hydrogens (tertiary/aromatic N) is 3. The molecule has 5 aromatic rings. The number of imidazole rings is 1. The van der Waals surface area contributed by atoms with Crippen molar-refractivity contribution in [2.75, 3.05) is 31.7 Å². The first-order chi connectivity index (χ1) is 27.0. The van der Waals surface area contributed by atoms with Crippen LogP contribution in [-0.2, 0) is 39.2 Å². The van der Waals surface area contributed by atoms with Gasteiger partial charge in [0.05, 0.1) is 41.7 Å². The summed E-state index contributed by atoms with van der Waals surface area (Å²) in [4.78, 5) is 18.8. The Morgan fingerprint density at radius 1 is 0.855 bits per heavy atom. The molecule has 55 heavy (non-hydrogen) atoms. The molecule has 1 aromatic heterocycles. The SMILES string of the molecule is CCCCOCCOc1ccc(C2=CC=C(C(=O)Nc3ccc(S(=O)Cc4cncn4CCC)cc3)CCC[N+]2(Cc2ccccc2)c2ccccc2)cc1. The van der Waals surface area contributed by atoms with E-state index in [0.29, 0.717) is 46.0 Å². The minimum absolute atomic E-state index is 0.138. The Hall–Kier alpha value is -5.09. The fraction of sp³-hybridized carbons (Fsp3) is 0.304. The fourth-order valence-corrected chi connectivity index (χ4v) is 8.16. The number of amides is 1. The lowest BCUT2D eigenvalue weighted by Crippen LogP contribution is -2.48. The molecule has 9 heteroatoms. The van der Waals surface area contributed by atoms with Crippen molar-refractivity contribution >= 4 is 33.8 Å². The van der Waals surface area contributed by atoms with Crippen molar-refractivity contribution in [1.29, 1.82) is 0 Å². The topological polar surface area (TPSA) is 82.4 Å². The summed E-state index contributed by atoms with van der Waals surface area (Å²) in [6.07, 6.45) is 12.3. The average Bonchev–Trinajstić information content (AvgIpc) is 3.65. The third-order valence-corrected chi connectivity index (χ3v) is 11.3. The third-order valence-electron chi connectivity index (χ3n) is 9.93. The normalized spacial score (nSPS) is 16.3. The molecule has 8 nitrogen and oxygen atoms in total. The highest BCUT2D eigenvalue weighted by atomic mass is 32.2. The highest BCUT2D eigenvalue weighted by molar-refractivity contribution is 7.84. The Balaban J connectivity index is 1.26. The molecule has 0 bridgehead atoms. The molecule has 1 N–H and O–H groups in total. The molecular weight excluding hydrogens is 705 g/mol. The number of rotatable bonds is 18. The quantitative estimate of drug-likeness (QED) is 0.0711. The molecule has 2 unspecified atom stereocenters. The predicted octanol–water partition coefficient (Wildman–Crippen LogP) is 9.70. The Labute approximate surface area is 328 Å². The highest BCUT2D eigenvalue weighted by Crippen LogP contribution is 2.40. The zero-order valence-corrected chi connectivity index (χ0v) is 32.9. The second-order valence-electron chi connectivity index (χ2n) is 13.9. The maximum atomic E-state index is 13.8. The van der Waals surface area contributed by atoms with Crippen LogP contribution in [0.5, 0.6) is 5.75 Å². The van der Waals surface area contributed by atoms with Crippen molar-refractivity contribution in [3.05, 3.63) is 156 Å². The number of unbranched alkanes of at least 4 members (excludes halogenated alkanes) is 1. The molecule has 0 radical (unpaired) electrons. The standard InChI is InChI=1S/C46H52N4O4S/c1-3-5-30-53-31-32-54-43-23-18-38(19-24-43)45-27-20-39(15-12-29-50(45,42-16-10-7-11-17-42)34-37-13-8-6-9-14-37)46(51)48-40-21-25-44(26-22-40)55(52)35-41-33-47-36-49(41)28-4-2/h6-11,13-14,16-27,33,36H,3-5,12,15,28-32,34-35H2,1-2H3/p+1. The van der Waals surface area contributed by atoms with E-state index in [2.05, 4.69) is 108 Å². The van der Waals surface area contributed by atoms with Crippen LogP contribution in [0.15, 0.2) is 144 Å². The molecule has 1 amide bonds. The molecule has 0 saturated carbocycles. The van der Waals surface area contributed by atoms with E-state index in [1.165, 1.54) is 11.3 Å². The lowest BCUT2D eigenvalue weighted by atomic mass is 9.97. The van der Waals surface area contributed by atoms with Gasteiger partial charge >= 0.3 is 0 Å². The Kier molecular flexibility index (Phi) is 14.4. The second-order valence-corrected chi connectivity index (χ2v) is 15.4. The number of ether oxygens (including phenoxy) is 2. The van der Waals surface area contributed by atoms with Gasteiger partial charge in [-0.15, -0.1) is 0 Å². The summed E-state index contributed by atoms with van der Waals surface area (Å²) in [5.41, 5.74) is 6.91. The summed E-state index contributed by atoms with van der Waals surface area (Å²) >= 11 is 0. The number of carbonyl (C=O) groups excluding carboxylic acids is 1. The van der Waals surface area contributed by atoms with Gasteiger partial charge in [0.2, 0.25) is 0 Å². The Bertz CT molecular complexity index is 2040. The first kappa shape index (κ1) is 39.6. The van der Waals surface area contributed by atoms with Gasteiger partial charge in [-0.25, -0.2) is 4.98 Å². The van der Waals surface area contributed by atoms with Crippen LogP contribution < -0.4 is 14.5 Å². The van der Waals surface area contributed by atoms with Crippen LogP contribution in [0.25, 0.3) is 5.70 Å². The van der Waals surface area contributed by atoms with Gasteiger partial charge in [-0.2, -0.15) is 0 Å². The highest BCUT2D eigenvalue weighted by Gasteiger charge is 2.37. The van der Waals surface area contributed by atoms with Crippen LogP contribution in [0, 0.1) is 0 Å². The number of quaternary nitrogens is 1. The van der Waals surface area contributed by atoms with Crippen LogP contribution >= 0.6 is 0 Å². The van der Waals surface area contributed by atoms with Crippen molar-refractivity contribution < 1.29 is 18.5 Å². The lowest BCUT2D eigenvalue weighted by Gasteiger charge is -2.40. The van der Waals surface area contributed by atoms with Gasteiger partial charge in [0, 0.05) is 59.1 Å². The van der Waals surface area contributed by atoms with Gasteiger partial charge in [-0.1, -0.05) is 68.8 Å². The Morgan fingerprint density at radius 2 is 1.60 bits per heavy atom. The first-order valence-corrected chi connectivity index (χ1v) is 20.8. The van der Waals surface area contributed by atoms with E-state index < -0.39 is 10.8 Å². The Morgan fingerprint density at radius 3 is 2.33 bits per heavy atom. The van der Waals surface area contributed by atoms with E-state index in [1.54, 1.807) is 12.5 Å². The van der Waals surface area contributed by atoms with E-state index in [1.807, 2.05) is 42.5 Å². The summed E-state index contributed by atoms with van der Waals surface area (Å²) in [5, 5.41) is 3.11. The largest absolute Gasteiger partial charge is 0.491 e. The minimum atomic E-state index is -1.23. The zero-order valence-electron chi connectivity index (χ0n) is 32.1. The van der Waals surface area contributed by atoms with Crippen molar-refractivity contribution in [3.63, 3.8) is 0 Å². The molecule has 1 aliphatic heterocycles. The fourth-order valence-electron chi connectivity index (χ4n) is 7.05. The van der Waals surface area contributed by atoms with Crippen molar-refractivity contribution in [3.8, 4) is 5.75 Å². The number of para-hydroxylation sites is 1. The minimum Gasteiger partial charge on any atom is -0.491 e. The molecule has 286 valence electrons. The molecule has 1 aliphatic rings. The molecule has 0 saturated heterocycles. The molecule has 2 heterocycles. The number of aromatic nitrogens is 2. The molecular formula is C46H53N4O4S+. The maximum absolute atomic E-state index is 13.8. The number of anilines is 1. The van der Waals surface area contributed by atoms with Gasteiger partial charge in [0.25, 0.3) is 5.91 Å². The smallest absolute Gasteiger partial charge is 0.251 e. The number of carbonyl (C=O) groups is 1. The van der Waals surface area contributed by atoms with Gasteiger partial charge in [0.15, 0.2) is 0 Å². The monoisotopic (exact) mass is 757 g/mol. The average molecular weight is 758 g/mol. The number of hydrogen-bond donors (Lipinski definition) is 1. The van der Waals surface area contributed by atoms with Gasteiger partial charge in [-0.3, -0.25) is 13.5 Å². The molecule has 0 fully saturated rings. The van der Waals surface area contributed by atoms with Crippen molar-refractivity contribution in [2.45, 2.75) is 69.7 Å². The molecule has 4 aromatic carbocycles. The van der Waals surface area contributed by atoms with E-state index in [-0.39, 0.29) is 5.91 Å². The maximum Gasteiger partial charge on any atom is 0.251 e. The summed E-state index contributed by atoms with van der Waals surface area (Å²) in [6.45, 7) is 8.47. The van der Waals surface area contributed by atoms with Crippen LogP contribution in [0.2, 0.25) is 0 Å². The van der Waals surface area contributed by atoms with Crippen LogP contribution in [-0.4, -0.2) is 46.0 Å². The second kappa shape index (κ2) is 20.0. The molecule has 2 atom stereocenters. The number of hydrogen-bond acceptors (Lipinski definition) is 5.